The molecule has 0 aliphatic heterocycles. The molecule has 1 rings (SSSR count). The van der Waals surface area contributed by atoms with Crippen LogP contribution in [0.25, 0.3) is 0 Å². The van der Waals surface area contributed by atoms with Crippen molar-refractivity contribution < 1.29 is 9.53 Å². The van der Waals surface area contributed by atoms with Gasteiger partial charge in [0.15, 0.2) is 0 Å². The van der Waals surface area contributed by atoms with Gasteiger partial charge in [-0.1, -0.05) is 17.7 Å². The molecule has 3 nitrogen and oxygen atoms in total. The van der Waals surface area contributed by atoms with Gasteiger partial charge in [-0.15, -0.1) is 11.8 Å². The van der Waals surface area contributed by atoms with E-state index in [0.717, 1.165) is 4.90 Å². The molecule has 0 heterocycles. The third-order valence-electron chi connectivity index (χ3n) is 1.64. The monoisotopic (exact) mass is 245 g/mol. The molecule has 0 aliphatic rings. The normalized spacial score (nSPS) is 10.0. The topological polar surface area (TPSA) is 52.3 Å². The molecule has 0 amide bonds. The van der Waals surface area contributed by atoms with E-state index < -0.39 is 0 Å². The Hall–Kier alpha value is -0.870. The standard InChI is InChI=1S/C10H12ClNO2S/c1-2-14-9(13)6-15-10-7(11)4-3-5-8(10)12/h3-5H,2,6,12H2,1H3. The lowest BCUT2D eigenvalue weighted by Crippen LogP contribution is -2.06. The fraction of sp³-hybridized carbons (Fsp3) is 0.300. The largest absolute Gasteiger partial charge is 0.465 e. The molecule has 0 bridgehead atoms. The van der Waals surface area contributed by atoms with Gasteiger partial charge in [0.25, 0.3) is 0 Å². The van der Waals surface area contributed by atoms with Gasteiger partial charge in [-0.05, 0) is 19.1 Å². The third-order valence-corrected chi connectivity index (χ3v) is 3.19. The van der Waals surface area contributed by atoms with E-state index in [1.54, 1.807) is 25.1 Å². The molecule has 0 saturated carbocycles. The maximum absolute atomic E-state index is 11.1. The van der Waals surface area contributed by atoms with Gasteiger partial charge >= 0.3 is 5.97 Å². The molecule has 0 atom stereocenters. The van der Waals surface area contributed by atoms with Gasteiger partial charge in [-0.25, -0.2) is 0 Å². The number of rotatable bonds is 4. The summed E-state index contributed by atoms with van der Waals surface area (Å²) in [5, 5.41) is 0.560. The highest BCUT2D eigenvalue weighted by Gasteiger charge is 2.08. The average Bonchev–Trinajstić information content (AvgIpc) is 2.17. The predicted octanol–water partition coefficient (Wildman–Crippen LogP) is 2.58. The molecule has 0 radical (unpaired) electrons. The van der Waals surface area contributed by atoms with E-state index in [1.165, 1.54) is 11.8 Å². The summed E-state index contributed by atoms with van der Waals surface area (Å²) in [5.41, 5.74) is 6.30. The van der Waals surface area contributed by atoms with Crippen LogP contribution in [0.2, 0.25) is 5.02 Å². The van der Waals surface area contributed by atoms with Crippen molar-refractivity contribution in [3.05, 3.63) is 23.2 Å². The molecule has 2 N–H and O–H groups in total. The molecule has 0 saturated heterocycles. The summed E-state index contributed by atoms with van der Waals surface area (Å²) in [6.07, 6.45) is 0. The molecule has 1 aromatic carbocycles. The second kappa shape index (κ2) is 5.88. The number of nitrogen functional groups attached to an aromatic ring is 1. The van der Waals surface area contributed by atoms with Gasteiger partial charge in [0.2, 0.25) is 0 Å². The van der Waals surface area contributed by atoms with E-state index in [-0.39, 0.29) is 11.7 Å². The Morgan fingerprint density at radius 1 is 1.60 bits per heavy atom. The second-order valence-electron chi connectivity index (χ2n) is 2.75. The minimum Gasteiger partial charge on any atom is -0.465 e. The SMILES string of the molecule is CCOC(=O)CSc1c(N)cccc1Cl. The first-order valence-corrected chi connectivity index (χ1v) is 5.84. The van der Waals surface area contributed by atoms with E-state index >= 15 is 0 Å². The summed E-state index contributed by atoms with van der Waals surface area (Å²) < 4.78 is 4.80. The lowest BCUT2D eigenvalue weighted by atomic mass is 10.3. The number of esters is 1. The zero-order valence-electron chi connectivity index (χ0n) is 8.33. The van der Waals surface area contributed by atoms with Crippen LogP contribution in [0.1, 0.15) is 6.92 Å². The predicted molar refractivity (Wildman–Crippen MR) is 63.2 cm³/mol. The molecule has 0 aromatic heterocycles. The van der Waals surface area contributed by atoms with E-state index in [9.17, 15) is 4.79 Å². The second-order valence-corrected chi connectivity index (χ2v) is 4.14. The van der Waals surface area contributed by atoms with Crippen molar-refractivity contribution in [2.24, 2.45) is 0 Å². The first kappa shape index (κ1) is 12.2. The van der Waals surface area contributed by atoms with E-state index in [0.29, 0.717) is 17.3 Å². The van der Waals surface area contributed by atoms with Crippen LogP contribution in [0, 0.1) is 0 Å². The maximum Gasteiger partial charge on any atom is 0.316 e. The Morgan fingerprint density at radius 2 is 2.33 bits per heavy atom. The highest BCUT2D eigenvalue weighted by molar-refractivity contribution is 8.00. The lowest BCUT2D eigenvalue weighted by Gasteiger charge is -2.06. The lowest BCUT2D eigenvalue weighted by molar-refractivity contribution is -0.139. The summed E-state index contributed by atoms with van der Waals surface area (Å²) >= 11 is 7.23. The summed E-state index contributed by atoms with van der Waals surface area (Å²) in [6, 6.07) is 5.26. The number of benzene rings is 1. The van der Waals surface area contributed by atoms with Gasteiger partial charge in [0.05, 0.1) is 17.4 Å². The minimum atomic E-state index is -0.262. The number of hydrogen-bond acceptors (Lipinski definition) is 4. The molecule has 82 valence electrons. The molecular weight excluding hydrogens is 234 g/mol. The fourth-order valence-corrected chi connectivity index (χ4v) is 2.14. The first-order valence-electron chi connectivity index (χ1n) is 4.47. The van der Waals surface area contributed by atoms with Crippen LogP contribution in [-0.2, 0) is 9.53 Å². The molecule has 0 spiro atoms. The fourth-order valence-electron chi connectivity index (χ4n) is 1.01. The average molecular weight is 246 g/mol. The van der Waals surface area contributed by atoms with Crippen LogP contribution in [0.3, 0.4) is 0 Å². The third kappa shape index (κ3) is 3.64. The Balaban J connectivity index is 2.61. The van der Waals surface area contributed by atoms with Crippen molar-refractivity contribution in [1.29, 1.82) is 0 Å². The summed E-state index contributed by atoms with van der Waals surface area (Å²) in [5.74, 6) is -0.0382. The Bertz CT molecular complexity index is 337. The van der Waals surface area contributed by atoms with Gasteiger partial charge in [0.1, 0.15) is 0 Å². The van der Waals surface area contributed by atoms with E-state index in [4.69, 9.17) is 22.1 Å². The molecule has 0 aliphatic carbocycles. The van der Waals surface area contributed by atoms with Crippen LogP contribution in [-0.4, -0.2) is 18.3 Å². The molecule has 0 unspecified atom stereocenters. The number of anilines is 1. The van der Waals surface area contributed by atoms with E-state index in [2.05, 4.69) is 0 Å². The summed E-state index contributed by atoms with van der Waals surface area (Å²) in [7, 11) is 0. The van der Waals surface area contributed by atoms with Crippen molar-refractivity contribution in [2.45, 2.75) is 11.8 Å². The van der Waals surface area contributed by atoms with Crippen molar-refractivity contribution in [3.63, 3.8) is 0 Å². The van der Waals surface area contributed by atoms with Gasteiger partial charge < -0.3 is 10.5 Å². The quantitative estimate of drug-likeness (QED) is 0.503. The number of halogens is 1. The summed E-state index contributed by atoms with van der Waals surface area (Å²) in [6.45, 7) is 2.16. The Morgan fingerprint density at radius 3 is 2.93 bits per heavy atom. The maximum atomic E-state index is 11.1. The molecular formula is C10H12ClNO2S. The number of hydrogen-bond donors (Lipinski definition) is 1. The van der Waals surface area contributed by atoms with Crippen LogP contribution in [0.5, 0.6) is 0 Å². The Labute approximate surface area is 97.9 Å². The first-order chi connectivity index (χ1) is 7.15. The van der Waals surface area contributed by atoms with E-state index in [1.807, 2.05) is 0 Å². The van der Waals surface area contributed by atoms with Crippen molar-refractivity contribution >= 4 is 35.0 Å². The van der Waals surface area contributed by atoms with Crippen LogP contribution < -0.4 is 5.73 Å². The van der Waals surface area contributed by atoms with Gasteiger partial charge in [-0.2, -0.15) is 0 Å². The van der Waals surface area contributed by atoms with Crippen LogP contribution in [0.15, 0.2) is 23.1 Å². The van der Waals surface area contributed by atoms with Crippen LogP contribution >= 0.6 is 23.4 Å². The van der Waals surface area contributed by atoms with Gasteiger partial charge in [-0.3, -0.25) is 4.79 Å². The molecule has 1 aromatic rings. The smallest absolute Gasteiger partial charge is 0.316 e. The van der Waals surface area contributed by atoms with Crippen molar-refractivity contribution in [2.75, 3.05) is 18.1 Å². The number of carbonyl (C=O) groups is 1. The molecule has 5 heteroatoms. The number of nitrogens with two attached hydrogens (primary N) is 1. The zero-order valence-corrected chi connectivity index (χ0v) is 9.90. The summed E-state index contributed by atoms with van der Waals surface area (Å²) in [4.78, 5) is 11.8. The highest BCUT2D eigenvalue weighted by atomic mass is 35.5. The van der Waals surface area contributed by atoms with Crippen LogP contribution in [0.4, 0.5) is 5.69 Å². The molecule has 0 fully saturated rings. The zero-order chi connectivity index (χ0) is 11.3. The van der Waals surface area contributed by atoms with Crippen molar-refractivity contribution in [3.8, 4) is 0 Å². The Kier molecular flexibility index (Phi) is 4.78. The molecule has 15 heavy (non-hydrogen) atoms. The number of carbonyl (C=O) groups excluding carboxylic acids is 1. The highest BCUT2D eigenvalue weighted by Crippen LogP contribution is 2.32. The minimum absolute atomic E-state index is 0.224. The van der Waals surface area contributed by atoms with Gasteiger partial charge in [0, 0.05) is 10.6 Å². The number of ether oxygens (including phenoxy) is 1. The van der Waals surface area contributed by atoms with Crippen molar-refractivity contribution in [1.82, 2.24) is 0 Å². The number of thioether (sulfide) groups is 1.